The van der Waals surface area contributed by atoms with Gasteiger partial charge in [-0.05, 0) is 96.3 Å². The number of aliphatic hydroxyl groups is 1. The predicted octanol–water partition coefficient (Wildman–Crippen LogP) is 21.9. The number of nitrogens with zero attached hydrogens (tertiary/aromatic N) is 1. The van der Waals surface area contributed by atoms with E-state index in [1.165, 1.54) is 193 Å². The van der Waals surface area contributed by atoms with Crippen molar-refractivity contribution >= 4 is 13.7 Å². The second-order valence-electron chi connectivity index (χ2n) is 24.2. The molecule has 0 aliphatic rings. The first-order chi connectivity index (χ1) is 40.0. The van der Waals surface area contributed by atoms with Gasteiger partial charge in [0.1, 0.15) is 13.2 Å². The number of hydrogen-bond acceptors (Lipinski definition) is 5. The number of hydrogen-bond donors (Lipinski definition) is 3. The molecule has 3 atom stereocenters. The number of unbranched alkanes of at least 4 members (excludes halogenated alkanes) is 33. The van der Waals surface area contributed by atoms with Gasteiger partial charge in [-0.1, -0.05) is 303 Å². The van der Waals surface area contributed by atoms with Crippen LogP contribution in [0.4, 0.5) is 0 Å². The Morgan fingerprint density at radius 3 is 1.12 bits per heavy atom. The van der Waals surface area contributed by atoms with Crippen LogP contribution in [0.2, 0.25) is 0 Å². The first kappa shape index (κ1) is 79.2. The second-order valence-corrected chi connectivity index (χ2v) is 25.6. The summed E-state index contributed by atoms with van der Waals surface area (Å²) in [5, 5.41) is 13.9. The van der Waals surface area contributed by atoms with Gasteiger partial charge < -0.3 is 19.8 Å². The minimum atomic E-state index is -4.37. The molecule has 1 amide bonds. The number of phosphoric acid groups is 1. The highest BCUT2D eigenvalue weighted by atomic mass is 31.2. The number of amides is 1. The van der Waals surface area contributed by atoms with Gasteiger partial charge in [0, 0.05) is 6.42 Å². The molecule has 0 aromatic rings. The molecule has 8 nitrogen and oxygen atoms in total. The van der Waals surface area contributed by atoms with Gasteiger partial charge in [0.15, 0.2) is 0 Å². The summed E-state index contributed by atoms with van der Waals surface area (Å²) in [6, 6.07) is -0.874. The number of carbonyl (C=O) groups is 1. The zero-order valence-electron chi connectivity index (χ0n) is 54.2. The van der Waals surface area contributed by atoms with E-state index in [0.717, 1.165) is 83.5 Å². The first-order valence-electron chi connectivity index (χ1n) is 34.3. The molecule has 474 valence electrons. The van der Waals surface area contributed by atoms with Gasteiger partial charge in [0.05, 0.1) is 39.9 Å². The number of quaternary nitrogens is 1. The molecule has 0 aromatic heterocycles. The fraction of sp³-hybridized carbons (Fsp3) is 0.740. The summed E-state index contributed by atoms with van der Waals surface area (Å²) in [4.78, 5) is 23.4. The summed E-state index contributed by atoms with van der Waals surface area (Å²) in [5.41, 5.74) is 0. The summed E-state index contributed by atoms with van der Waals surface area (Å²) in [6.07, 6.45) is 92.4. The SMILES string of the molecule is CC/C=C\C/C=C\C/C=C\C/C=C\C/C=C\C/C=C\CCCCCCCCCCCCCCCCCCCCCCCCC(=O)NC(COP(=O)(O)OCC[N+](C)(C)C)C(O)/C=C/CC/C=C/CC/C=C/CCCCCCCCCCC. The number of phosphoric ester groups is 1. The van der Waals surface area contributed by atoms with Crippen molar-refractivity contribution in [3.63, 3.8) is 0 Å². The summed E-state index contributed by atoms with van der Waals surface area (Å²) in [7, 11) is 1.55. The minimum absolute atomic E-state index is 0.0515. The van der Waals surface area contributed by atoms with Crippen LogP contribution in [0.3, 0.4) is 0 Å². The quantitative estimate of drug-likeness (QED) is 0.0243. The van der Waals surface area contributed by atoms with Crippen molar-refractivity contribution in [2.24, 2.45) is 0 Å². The Morgan fingerprint density at radius 1 is 0.427 bits per heavy atom. The molecule has 0 saturated carbocycles. The Bertz CT molecular complexity index is 1700. The monoisotopic (exact) mass is 1160 g/mol. The molecule has 82 heavy (non-hydrogen) atoms. The minimum Gasteiger partial charge on any atom is -0.387 e. The van der Waals surface area contributed by atoms with Crippen LogP contribution in [0.5, 0.6) is 0 Å². The van der Waals surface area contributed by atoms with Crippen molar-refractivity contribution in [1.29, 1.82) is 0 Å². The van der Waals surface area contributed by atoms with Crippen molar-refractivity contribution in [1.82, 2.24) is 5.32 Å². The number of aliphatic hydroxyl groups excluding tert-OH is 1. The van der Waals surface area contributed by atoms with E-state index in [1.54, 1.807) is 6.08 Å². The molecular weight excluding hydrogens is 1030 g/mol. The maximum Gasteiger partial charge on any atom is 0.472 e. The molecule has 0 spiro atoms. The van der Waals surface area contributed by atoms with Gasteiger partial charge in [-0.15, -0.1) is 0 Å². The molecule has 0 saturated heterocycles. The Morgan fingerprint density at radius 2 is 0.744 bits per heavy atom. The Hall–Kier alpha value is -2.84. The molecule has 0 rings (SSSR count). The van der Waals surface area contributed by atoms with Gasteiger partial charge in [0.25, 0.3) is 0 Å². The van der Waals surface area contributed by atoms with Crippen LogP contribution >= 0.6 is 7.82 Å². The lowest BCUT2D eigenvalue weighted by Gasteiger charge is -2.25. The summed E-state index contributed by atoms with van der Waals surface area (Å²) >= 11 is 0. The molecule has 0 bridgehead atoms. The topological polar surface area (TPSA) is 105 Å². The fourth-order valence-electron chi connectivity index (χ4n) is 9.67. The van der Waals surface area contributed by atoms with Crippen LogP contribution < -0.4 is 5.32 Å². The summed E-state index contributed by atoms with van der Waals surface area (Å²) in [6.45, 7) is 4.69. The van der Waals surface area contributed by atoms with Gasteiger partial charge >= 0.3 is 7.82 Å². The first-order valence-corrected chi connectivity index (χ1v) is 35.8. The molecule has 3 N–H and O–H groups in total. The second kappa shape index (κ2) is 62.7. The van der Waals surface area contributed by atoms with E-state index < -0.39 is 20.0 Å². The number of carbonyl (C=O) groups excluding carboxylic acids is 1. The van der Waals surface area contributed by atoms with Gasteiger partial charge in [-0.3, -0.25) is 13.8 Å². The van der Waals surface area contributed by atoms with Gasteiger partial charge in [-0.25, -0.2) is 4.57 Å². The van der Waals surface area contributed by atoms with Crippen molar-refractivity contribution in [2.75, 3.05) is 40.9 Å². The maximum atomic E-state index is 13.0. The molecular formula is C73H132N2O6P+. The van der Waals surface area contributed by atoms with Crippen LogP contribution in [-0.4, -0.2) is 73.4 Å². The molecule has 3 unspecified atom stereocenters. The fourth-order valence-corrected chi connectivity index (χ4v) is 10.4. The van der Waals surface area contributed by atoms with Gasteiger partial charge in [0.2, 0.25) is 5.91 Å². The van der Waals surface area contributed by atoms with E-state index in [-0.39, 0.29) is 19.1 Å². The third-order valence-electron chi connectivity index (χ3n) is 15.0. The number of allylic oxidation sites excluding steroid dienone is 17. The highest BCUT2D eigenvalue weighted by Gasteiger charge is 2.28. The number of likely N-dealkylation sites (N-methyl/N-ethyl adjacent to an activating group) is 1. The molecule has 0 radical (unpaired) electrons. The molecule has 0 heterocycles. The Kier molecular flexibility index (Phi) is 60.5. The third-order valence-corrected chi connectivity index (χ3v) is 15.9. The zero-order valence-corrected chi connectivity index (χ0v) is 55.1. The lowest BCUT2D eigenvalue weighted by atomic mass is 10.0. The van der Waals surface area contributed by atoms with Crippen LogP contribution in [-0.2, 0) is 18.4 Å². The summed E-state index contributed by atoms with van der Waals surface area (Å²) < 4.78 is 23.7. The van der Waals surface area contributed by atoms with E-state index in [0.29, 0.717) is 17.4 Å². The van der Waals surface area contributed by atoms with Crippen LogP contribution in [0.15, 0.2) is 109 Å². The Labute approximate surface area is 508 Å². The molecule has 0 aromatic carbocycles. The van der Waals surface area contributed by atoms with E-state index in [4.69, 9.17) is 9.05 Å². The highest BCUT2D eigenvalue weighted by Crippen LogP contribution is 2.43. The maximum absolute atomic E-state index is 13.0. The van der Waals surface area contributed by atoms with E-state index in [2.05, 4.69) is 116 Å². The average Bonchev–Trinajstić information content (AvgIpc) is 3.47. The zero-order chi connectivity index (χ0) is 59.8. The largest absolute Gasteiger partial charge is 0.472 e. The lowest BCUT2D eigenvalue weighted by molar-refractivity contribution is -0.870. The molecule has 0 aliphatic carbocycles. The predicted molar refractivity (Wildman–Crippen MR) is 359 cm³/mol. The molecule has 9 heteroatoms. The number of nitrogens with one attached hydrogen (secondary N) is 1. The van der Waals surface area contributed by atoms with Crippen molar-refractivity contribution in [3.8, 4) is 0 Å². The van der Waals surface area contributed by atoms with Crippen LogP contribution in [0.1, 0.15) is 296 Å². The van der Waals surface area contributed by atoms with E-state index in [1.807, 2.05) is 27.2 Å². The van der Waals surface area contributed by atoms with Crippen LogP contribution in [0, 0.1) is 0 Å². The molecule has 0 fully saturated rings. The lowest BCUT2D eigenvalue weighted by Crippen LogP contribution is -2.45. The summed E-state index contributed by atoms with van der Waals surface area (Å²) in [5.74, 6) is -0.189. The Balaban J connectivity index is 4.00. The van der Waals surface area contributed by atoms with Gasteiger partial charge in [-0.2, -0.15) is 0 Å². The third kappa shape index (κ3) is 64.7. The van der Waals surface area contributed by atoms with E-state index >= 15 is 0 Å². The normalized spacial score (nSPS) is 14.4. The molecule has 0 aliphatic heterocycles. The highest BCUT2D eigenvalue weighted by molar-refractivity contribution is 7.47. The van der Waals surface area contributed by atoms with Crippen molar-refractivity contribution < 1.29 is 32.9 Å². The van der Waals surface area contributed by atoms with Crippen molar-refractivity contribution in [2.45, 2.75) is 309 Å². The van der Waals surface area contributed by atoms with E-state index in [9.17, 15) is 19.4 Å². The van der Waals surface area contributed by atoms with Crippen molar-refractivity contribution in [3.05, 3.63) is 109 Å². The smallest absolute Gasteiger partial charge is 0.387 e. The average molecular weight is 1160 g/mol. The van der Waals surface area contributed by atoms with Crippen LogP contribution in [0.25, 0.3) is 0 Å². The number of rotatable bonds is 62. The standard InChI is InChI=1S/C73H131N2O6P/c1-6-8-10-12-14-16-18-20-22-24-26-27-28-29-30-31-32-33-34-35-36-37-38-39-40-41-42-43-44-45-46-47-49-51-53-55-57-59-61-63-65-67-73(77)74-71(70-81-82(78,79)80-69-68-75(3,4)5)72(76)66-64-62-60-58-56-54-52-50-48-25-23-21-19-17-15-13-11-9-7-2/h8,10,14,16,20,22,26-27,29-30,32-33,48,50,56,58,64,66,71-72,76H,6-7,9,11-13,15,17-19,21,23-25,28,31,34-47,49,51-55,57,59-63,65,67-70H2,1-5H3,(H-,74,77,78,79)/p+1/b10-8-,16-14-,22-20-,27-26-,30-29-,33-32-,50-48+,58-56+,66-64+.